The summed E-state index contributed by atoms with van der Waals surface area (Å²) in [6.45, 7) is 11.5. The molecule has 0 saturated carbocycles. The second kappa shape index (κ2) is 5.29. The molecule has 2 aromatic rings. The van der Waals surface area contributed by atoms with Crippen LogP contribution in [0, 0.1) is 27.7 Å². The second-order valence-corrected chi connectivity index (χ2v) is 6.01. The standard InChI is InChI=1S/C15H21NOS/c1-6-16-15(13-8-7-9(2)18-13)14-10(3)11(4)17-12(14)5/h7-8,15-16H,6H2,1-5H3. The van der Waals surface area contributed by atoms with Crippen molar-refractivity contribution in [3.63, 3.8) is 0 Å². The summed E-state index contributed by atoms with van der Waals surface area (Å²) >= 11 is 1.85. The maximum absolute atomic E-state index is 5.77. The third kappa shape index (κ3) is 2.38. The van der Waals surface area contributed by atoms with Gasteiger partial charge in [0.1, 0.15) is 11.5 Å². The number of furan rings is 1. The lowest BCUT2D eigenvalue weighted by atomic mass is 10.0. The molecule has 2 rings (SSSR count). The molecular weight excluding hydrogens is 242 g/mol. The van der Waals surface area contributed by atoms with Gasteiger partial charge in [-0.15, -0.1) is 11.3 Å². The van der Waals surface area contributed by atoms with Crippen molar-refractivity contribution >= 4 is 11.3 Å². The molecule has 0 aromatic carbocycles. The Morgan fingerprint density at radius 2 is 1.89 bits per heavy atom. The minimum atomic E-state index is 0.256. The van der Waals surface area contributed by atoms with Gasteiger partial charge in [-0.3, -0.25) is 0 Å². The molecule has 0 bridgehead atoms. The van der Waals surface area contributed by atoms with Crippen LogP contribution in [-0.2, 0) is 0 Å². The minimum Gasteiger partial charge on any atom is -0.466 e. The minimum absolute atomic E-state index is 0.256. The zero-order chi connectivity index (χ0) is 13.3. The molecule has 1 unspecified atom stereocenters. The maximum atomic E-state index is 5.77. The van der Waals surface area contributed by atoms with Gasteiger partial charge in [0.15, 0.2) is 0 Å². The van der Waals surface area contributed by atoms with Gasteiger partial charge in [0.2, 0.25) is 0 Å². The van der Waals surface area contributed by atoms with Crippen LogP contribution in [0.4, 0.5) is 0 Å². The zero-order valence-electron chi connectivity index (χ0n) is 11.8. The van der Waals surface area contributed by atoms with E-state index in [0.717, 1.165) is 18.1 Å². The highest BCUT2D eigenvalue weighted by Gasteiger charge is 2.22. The van der Waals surface area contributed by atoms with Gasteiger partial charge in [-0.25, -0.2) is 0 Å². The molecular formula is C15H21NOS. The Morgan fingerprint density at radius 3 is 2.33 bits per heavy atom. The summed E-state index contributed by atoms with van der Waals surface area (Å²) in [6.07, 6.45) is 0. The Bertz CT molecular complexity index is 539. The molecule has 1 atom stereocenters. The summed E-state index contributed by atoms with van der Waals surface area (Å²) in [5.74, 6) is 2.06. The lowest BCUT2D eigenvalue weighted by Crippen LogP contribution is -2.22. The quantitative estimate of drug-likeness (QED) is 0.891. The Kier molecular flexibility index (Phi) is 3.93. The molecule has 0 amide bonds. The van der Waals surface area contributed by atoms with E-state index < -0.39 is 0 Å². The van der Waals surface area contributed by atoms with Crippen LogP contribution in [-0.4, -0.2) is 6.54 Å². The lowest BCUT2D eigenvalue weighted by Gasteiger charge is -2.17. The van der Waals surface area contributed by atoms with Crippen LogP contribution < -0.4 is 5.32 Å². The average Bonchev–Trinajstić information content (AvgIpc) is 2.83. The average molecular weight is 263 g/mol. The fourth-order valence-corrected chi connectivity index (χ4v) is 3.36. The third-order valence-corrected chi connectivity index (χ3v) is 4.43. The van der Waals surface area contributed by atoms with Crippen molar-refractivity contribution in [1.29, 1.82) is 0 Å². The Labute approximate surface area is 113 Å². The van der Waals surface area contributed by atoms with E-state index in [1.165, 1.54) is 20.9 Å². The zero-order valence-corrected chi connectivity index (χ0v) is 12.6. The van der Waals surface area contributed by atoms with Crippen LogP contribution in [0.15, 0.2) is 16.5 Å². The predicted octanol–water partition coefficient (Wildman–Crippen LogP) is 4.27. The fraction of sp³-hybridized carbons (Fsp3) is 0.467. The summed E-state index contributed by atoms with van der Waals surface area (Å²) in [5, 5.41) is 3.57. The molecule has 2 nitrogen and oxygen atoms in total. The first-order valence-corrected chi connectivity index (χ1v) is 7.22. The Hall–Kier alpha value is -1.06. The topological polar surface area (TPSA) is 25.2 Å². The van der Waals surface area contributed by atoms with Gasteiger partial charge in [-0.1, -0.05) is 6.92 Å². The molecule has 0 aliphatic carbocycles. The molecule has 0 radical (unpaired) electrons. The highest BCUT2D eigenvalue weighted by molar-refractivity contribution is 7.12. The first kappa shape index (κ1) is 13.4. The van der Waals surface area contributed by atoms with Gasteiger partial charge >= 0.3 is 0 Å². The molecule has 0 spiro atoms. The van der Waals surface area contributed by atoms with Crippen LogP contribution in [0.2, 0.25) is 0 Å². The molecule has 2 heterocycles. The van der Waals surface area contributed by atoms with Crippen molar-refractivity contribution in [1.82, 2.24) is 5.32 Å². The molecule has 18 heavy (non-hydrogen) atoms. The summed E-state index contributed by atoms with van der Waals surface area (Å²) in [4.78, 5) is 2.71. The van der Waals surface area contributed by atoms with Gasteiger partial charge in [0, 0.05) is 15.3 Å². The van der Waals surface area contributed by atoms with E-state index in [9.17, 15) is 0 Å². The van der Waals surface area contributed by atoms with Gasteiger partial charge < -0.3 is 9.73 Å². The van der Waals surface area contributed by atoms with Crippen LogP contribution in [0.25, 0.3) is 0 Å². The van der Waals surface area contributed by atoms with E-state index in [-0.39, 0.29) is 6.04 Å². The van der Waals surface area contributed by atoms with Crippen molar-refractivity contribution < 1.29 is 4.42 Å². The molecule has 3 heteroatoms. The van der Waals surface area contributed by atoms with Crippen LogP contribution in [0.5, 0.6) is 0 Å². The van der Waals surface area contributed by atoms with E-state index in [4.69, 9.17) is 4.42 Å². The van der Waals surface area contributed by atoms with E-state index >= 15 is 0 Å². The van der Waals surface area contributed by atoms with Crippen LogP contribution >= 0.6 is 11.3 Å². The summed E-state index contributed by atoms with van der Waals surface area (Å²) in [7, 11) is 0. The second-order valence-electron chi connectivity index (χ2n) is 4.69. The van der Waals surface area contributed by atoms with Gasteiger partial charge in [-0.05, 0) is 51.9 Å². The largest absolute Gasteiger partial charge is 0.466 e. The van der Waals surface area contributed by atoms with Gasteiger partial charge in [0.25, 0.3) is 0 Å². The highest BCUT2D eigenvalue weighted by Crippen LogP contribution is 2.34. The van der Waals surface area contributed by atoms with Gasteiger partial charge in [-0.2, -0.15) is 0 Å². The Balaban J connectivity index is 2.47. The Morgan fingerprint density at radius 1 is 1.17 bits per heavy atom. The van der Waals surface area contributed by atoms with E-state index in [2.05, 4.69) is 45.1 Å². The first-order valence-electron chi connectivity index (χ1n) is 6.40. The smallest absolute Gasteiger partial charge is 0.106 e. The summed E-state index contributed by atoms with van der Waals surface area (Å²) in [5.41, 5.74) is 2.57. The maximum Gasteiger partial charge on any atom is 0.106 e. The van der Waals surface area contributed by atoms with Crippen molar-refractivity contribution in [3.8, 4) is 0 Å². The monoisotopic (exact) mass is 263 g/mol. The number of rotatable bonds is 4. The van der Waals surface area contributed by atoms with E-state index in [1.54, 1.807) is 0 Å². The number of nitrogens with one attached hydrogen (secondary N) is 1. The molecule has 0 aliphatic rings. The van der Waals surface area contributed by atoms with Crippen molar-refractivity contribution in [2.24, 2.45) is 0 Å². The molecule has 2 aromatic heterocycles. The lowest BCUT2D eigenvalue weighted by molar-refractivity contribution is 0.494. The van der Waals surface area contributed by atoms with E-state index in [0.29, 0.717) is 0 Å². The number of hydrogen-bond donors (Lipinski definition) is 1. The van der Waals surface area contributed by atoms with E-state index in [1.807, 2.05) is 18.3 Å². The van der Waals surface area contributed by atoms with Crippen LogP contribution in [0.1, 0.15) is 45.4 Å². The number of thiophene rings is 1. The van der Waals surface area contributed by atoms with Crippen molar-refractivity contribution in [2.75, 3.05) is 6.54 Å². The van der Waals surface area contributed by atoms with Crippen molar-refractivity contribution in [3.05, 3.63) is 44.5 Å². The molecule has 98 valence electrons. The fourth-order valence-electron chi connectivity index (χ4n) is 2.39. The summed E-state index contributed by atoms with van der Waals surface area (Å²) < 4.78 is 5.77. The SMILES string of the molecule is CCNC(c1ccc(C)s1)c1c(C)oc(C)c1C. The van der Waals surface area contributed by atoms with Crippen LogP contribution in [0.3, 0.4) is 0 Å². The van der Waals surface area contributed by atoms with Gasteiger partial charge in [0.05, 0.1) is 6.04 Å². The normalized spacial score (nSPS) is 12.9. The third-order valence-electron chi connectivity index (χ3n) is 3.36. The number of hydrogen-bond acceptors (Lipinski definition) is 3. The first-order chi connectivity index (χ1) is 8.54. The molecule has 0 fully saturated rings. The number of aryl methyl sites for hydroxylation is 3. The molecule has 0 aliphatic heterocycles. The predicted molar refractivity (Wildman–Crippen MR) is 77.5 cm³/mol. The van der Waals surface area contributed by atoms with Crippen molar-refractivity contribution in [2.45, 2.75) is 40.7 Å². The molecule has 1 N–H and O–H groups in total. The molecule has 0 saturated heterocycles. The summed E-state index contributed by atoms with van der Waals surface area (Å²) in [6, 6.07) is 4.65. The highest BCUT2D eigenvalue weighted by atomic mass is 32.1.